The van der Waals surface area contributed by atoms with Crippen LogP contribution in [0.3, 0.4) is 0 Å². The van der Waals surface area contributed by atoms with Crippen LogP contribution in [0.15, 0.2) is 46.2 Å². The lowest BCUT2D eigenvalue weighted by atomic mass is 10.2. The number of benzene rings is 2. The van der Waals surface area contributed by atoms with E-state index in [1.807, 2.05) is 6.92 Å². The molecule has 0 saturated heterocycles. The molecule has 0 fully saturated rings. The van der Waals surface area contributed by atoms with Crippen LogP contribution < -0.4 is 5.32 Å². The summed E-state index contributed by atoms with van der Waals surface area (Å²) in [6.45, 7) is 3.15. The van der Waals surface area contributed by atoms with Crippen LogP contribution >= 0.6 is 23.4 Å². The molecule has 1 N–H and O–H groups in total. The second kappa shape index (κ2) is 7.07. The Kier molecular flexibility index (Phi) is 5.40. The van der Waals surface area contributed by atoms with E-state index in [9.17, 15) is 8.78 Å². The van der Waals surface area contributed by atoms with Gasteiger partial charge >= 0.3 is 0 Å². The van der Waals surface area contributed by atoms with Gasteiger partial charge in [0.15, 0.2) is 0 Å². The molecule has 106 valence electrons. The van der Waals surface area contributed by atoms with Gasteiger partial charge in [-0.2, -0.15) is 0 Å². The molecular formula is C15H14ClF2NS. The Labute approximate surface area is 126 Å². The van der Waals surface area contributed by atoms with Gasteiger partial charge in [-0.15, -0.1) is 0 Å². The molecule has 0 aliphatic heterocycles. The van der Waals surface area contributed by atoms with Crippen molar-refractivity contribution in [1.82, 2.24) is 5.32 Å². The maximum absolute atomic E-state index is 14.0. The molecule has 0 aliphatic carbocycles. The zero-order valence-electron chi connectivity index (χ0n) is 10.9. The van der Waals surface area contributed by atoms with E-state index in [1.54, 1.807) is 24.3 Å². The van der Waals surface area contributed by atoms with E-state index in [0.29, 0.717) is 17.1 Å². The predicted octanol–water partition coefficient (Wildman–Crippen LogP) is 4.88. The minimum absolute atomic E-state index is 0.00701. The first-order valence-corrected chi connectivity index (χ1v) is 7.41. The van der Waals surface area contributed by atoms with Gasteiger partial charge in [-0.25, -0.2) is 8.78 Å². The third kappa shape index (κ3) is 3.95. The Balaban J connectivity index is 2.21. The van der Waals surface area contributed by atoms with Gasteiger partial charge in [-0.05, 0) is 48.5 Å². The van der Waals surface area contributed by atoms with Crippen molar-refractivity contribution >= 4 is 23.4 Å². The molecule has 0 amide bonds. The minimum Gasteiger partial charge on any atom is -0.313 e. The van der Waals surface area contributed by atoms with Crippen molar-refractivity contribution in [3.63, 3.8) is 0 Å². The molecule has 0 heterocycles. The van der Waals surface area contributed by atoms with Gasteiger partial charge < -0.3 is 5.32 Å². The van der Waals surface area contributed by atoms with Crippen molar-refractivity contribution in [1.29, 1.82) is 0 Å². The van der Waals surface area contributed by atoms with Crippen LogP contribution in [0.1, 0.15) is 12.5 Å². The van der Waals surface area contributed by atoms with Crippen LogP contribution in [0, 0.1) is 11.6 Å². The zero-order valence-corrected chi connectivity index (χ0v) is 12.5. The van der Waals surface area contributed by atoms with Crippen LogP contribution in [0.25, 0.3) is 0 Å². The number of nitrogens with one attached hydrogen (secondary N) is 1. The summed E-state index contributed by atoms with van der Waals surface area (Å²) in [5.74, 6) is -1.09. The van der Waals surface area contributed by atoms with Crippen LogP contribution in [-0.2, 0) is 6.54 Å². The normalized spacial score (nSPS) is 10.8. The molecule has 0 saturated carbocycles. The lowest BCUT2D eigenvalue weighted by molar-refractivity contribution is 0.535. The first kappa shape index (κ1) is 15.3. The molecule has 0 aromatic heterocycles. The summed E-state index contributed by atoms with van der Waals surface area (Å²) in [4.78, 5) is 0.749. The molecule has 0 radical (unpaired) electrons. The van der Waals surface area contributed by atoms with E-state index in [0.717, 1.165) is 23.2 Å². The number of rotatable bonds is 5. The molecular weight excluding hydrogens is 300 g/mol. The van der Waals surface area contributed by atoms with Crippen LogP contribution in [-0.4, -0.2) is 6.54 Å². The fourth-order valence-corrected chi connectivity index (χ4v) is 2.65. The summed E-state index contributed by atoms with van der Waals surface area (Å²) in [7, 11) is 0. The zero-order chi connectivity index (χ0) is 14.5. The highest BCUT2D eigenvalue weighted by Gasteiger charge is 2.12. The average Bonchev–Trinajstić information content (AvgIpc) is 2.42. The summed E-state index contributed by atoms with van der Waals surface area (Å²) in [6, 6.07) is 9.59. The van der Waals surface area contributed by atoms with Crippen molar-refractivity contribution in [2.45, 2.75) is 23.3 Å². The van der Waals surface area contributed by atoms with Gasteiger partial charge in [-0.1, -0.05) is 30.3 Å². The molecule has 2 aromatic rings. The highest BCUT2D eigenvalue weighted by Crippen LogP contribution is 2.33. The van der Waals surface area contributed by atoms with Crippen LogP contribution in [0.5, 0.6) is 0 Å². The molecule has 0 bridgehead atoms. The largest absolute Gasteiger partial charge is 0.313 e. The monoisotopic (exact) mass is 313 g/mol. The van der Waals surface area contributed by atoms with Crippen molar-refractivity contribution < 1.29 is 8.78 Å². The van der Waals surface area contributed by atoms with Gasteiger partial charge in [0, 0.05) is 16.5 Å². The number of hydrogen-bond donors (Lipinski definition) is 1. The highest BCUT2D eigenvalue weighted by molar-refractivity contribution is 7.99. The van der Waals surface area contributed by atoms with Gasteiger partial charge in [0.05, 0.1) is 4.90 Å². The van der Waals surface area contributed by atoms with Crippen molar-refractivity contribution in [2.75, 3.05) is 6.54 Å². The second-order valence-electron chi connectivity index (χ2n) is 4.22. The Morgan fingerprint density at radius 3 is 2.25 bits per heavy atom. The molecule has 2 aromatic carbocycles. The molecule has 0 unspecified atom stereocenters. The molecule has 5 heteroatoms. The third-order valence-corrected chi connectivity index (χ3v) is 4.02. The summed E-state index contributed by atoms with van der Waals surface area (Å²) in [6.07, 6.45) is 0. The van der Waals surface area contributed by atoms with E-state index in [4.69, 9.17) is 11.6 Å². The Morgan fingerprint density at radius 2 is 1.70 bits per heavy atom. The standard InChI is InChI=1S/C15H14ClF2NS/c1-2-19-9-10-7-13(17)15(14(18)8-10)20-12-5-3-11(16)4-6-12/h3-8,19H,2,9H2,1H3. The lowest BCUT2D eigenvalue weighted by Crippen LogP contribution is -2.12. The lowest BCUT2D eigenvalue weighted by Gasteiger charge is -2.08. The quantitative estimate of drug-likeness (QED) is 0.844. The fraction of sp³-hybridized carbons (Fsp3) is 0.200. The minimum atomic E-state index is -0.544. The summed E-state index contributed by atoms with van der Waals surface area (Å²) in [5, 5.41) is 3.63. The van der Waals surface area contributed by atoms with Crippen LogP contribution in [0.2, 0.25) is 5.02 Å². The van der Waals surface area contributed by atoms with E-state index in [1.165, 1.54) is 12.1 Å². The maximum atomic E-state index is 14.0. The maximum Gasteiger partial charge on any atom is 0.140 e. The molecule has 0 atom stereocenters. The Hall–Kier alpha value is -1.10. The molecule has 0 spiro atoms. The van der Waals surface area contributed by atoms with Crippen molar-refractivity contribution in [3.8, 4) is 0 Å². The first-order chi connectivity index (χ1) is 9.60. The summed E-state index contributed by atoms with van der Waals surface area (Å²) in [5.41, 5.74) is 0.599. The molecule has 20 heavy (non-hydrogen) atoms. The van der Waals surface area contributed by atoms with Gasteiger partial charge in [0.2, 0.25) is 0 Å². The SMILES string of the molecule is CCNCc1cc(F)c(Sc2ccc(Cl)cc2)c(F)c1. The van der Waals surface area contributed by atoms with E-state index in [-0.39, 0.29) is 4.90 Å². The fourth-order valence-electron chi connectivity index (χ4n) is 1.70. The van der Waals surface area contributed by atoms with Gasteiger partial charge in [0.25, 0.3) is 0 Å². The van der Waals surface area contributed by atoms with Gasteiger partial charge in [-0.3, -0.25) is 0 Å². The third-order valence-electron chi connectivity index (χ3n) is 2.67. The summed E-state index contributed by atoms with van der Waals surface area (Å²) < 4.78 is 28.0. The predicted molar refractivity (Wildman–Crippen MR) is 79.3 cm³/mol. The van der Waals surface area contributed by atoms with E-state index < -0.39 is 11.6 Å². The van der Waals surface area contributed by atoms with Gasteiger partial charge in [0.1, 0.15) is 11.6 Å². The Morgan fingerprint density at radius 1 is 1.10 bits per heavy atom. The molecule has 2 rings (SSSR count). The smallest absolute Gasteiger partial charge is 0.140 e. The number of halogens is 3. The Bertz CT molecular complexity index is 564. The van der Waals surface area contributed by atoms with E-state index >= 15 is 0 Å². The summed E-state index contributed by atoms with van der Waals surface area (Å²) >= 11 is 6.84. The average molecular weight is 314 g/mol. The first-order valence-electron chi connectivity index (χ1n) is 6.22. The second-order valence-corrected chi connectivity index (χ2v) is 5.75. The number of hydrogen-bond acceptors (Lipinski definition) is 2. The van der Waals surface area contributed by atoms with Crippen molar-refractivity contribution in [3.05, 3.63) is 58.6 Å². The molecule has 1 nitrogen and oxygen atoms in total. The molecule has 0 aliphatic rings. The highest BCUT2D eigenvalue weighted by atomic mass is 35.5. The van der Waals surface area contributed by atoms with Crippen molar-refractivity contribution in [2.24, 2.45) is 0 Å². The topological polar surface area (TPSA) is 12.0 Å². The van der Waals surface area contributed by atoms with Crippen LogP contribution in [0.4, 0.5) is 8.78 Å². The van der Waals surface area contributed by atoms with E-state index in [2.05, 4.69) is 5.32 Å².